The van der Waals surface area contributed by atoms with Gasteiger partial charge in [0.05, 0.1) is 15.8 Å². The molecule has 35 heavy (non-hydrogen) atoms. The number of fused-ring (bicyclic) bond motifs is 2. The Bertz CT molecular complexity index is 1660. The molecule has 0 amide bonds. The van der Waals surface area contributed by atoms with E-state index in [1.54, 1.807) is 12.1 Å². The molecule has 9 heteroatoms. The van der Waals surface area contributed by atoms with Gasteiger partial charge in [-0.25, -0.2) is 0 Å². The van der Waals surface area contributed by atoms with Crippen LogP contribution in [0.4, 0.5) is 5.69 Å². The van der Waals surface area contributed by atoms with Crippen molar-refractivity contribution in [3.63, 3.8) is 0 Å². The molecule has 4 aromatic rings. The highest BCUT2D eigenvalue weighted by Gasteiger charge is 2.22. The highest BCUT2D eigenvalue weighted by molar-refractivity contribution is 7.86. The van der Waals surface area contributed by atoms with Gasteiger partial charge in [-0.3, -0.25) is 9.11 Å². The first kappa shape index (κ1) is 25.1. The van der Waals surface area contributed by atoms with Gasteiger partial charge in [0.2, 0.25) is 0 Å². The van der Waals surface area contributed by atoms with Crippen LogP contribution in [0.25, 0.3) is 21.5 Å². The Balaban J connectivity index is 1.90. The Labute approximate surface area is 205 Å². The first-order valence-electron chi connectivity index (χ1n) is 11.1. The third-order valence-electron chi connectivity index (χ3n) is 6.48. The lowest BCUT2D eigenvalue weighted by Crippen LogP contribution is -2.23. The van der Waals surface area contributed by atoms with E-state index in [1.165, 1.54) is 24.3 Å². The average molecular weight is 514 g/mol. The van der Waals surface area contributed by atoms with Crippen LogP contribution in [0.3, 0.4) is 0 Å². The van der Waals surface area contributed by atoms with Crippen molar-refractivity contribution in [3.05, 3.63) is 77.9 Å². The van der Waals surface area contributed by atoms with E-state index in [0.29, 0.717) is 5.39 Å². The zero-order valence-electron chi connectivity index (χ0n) is 19.8. The van der Waals surface area contributed by atoms with Crippen LogP contribution in [0.5, 0.6) is 0 Å². The van der Waals surface area contributed by atoms with Crippen LogP contribution < -0.4 is 4.90 Å². The maximum absolute atomic E-state index is 11.8. The van der Waals surface area contributed by atoms with Gasteiger partial charge in [0.25, 0.3) is 20.2 Å². The number of nitrogens with zero attached hydrogens (tertiary/aromatic N) is 1. The second kappa shape index (κ2) is 8.91. The molecular weight excluding hydrogens is 486 g/mol. The summed E-state index contributed by atoms with van der Waals surface area (Å²) in [5, 5.41) is 3.14. The molecule has 0 aliphatic rings. The van der Waals surface area contributed by atoms with E-state index in [0.717, 1.165) is 33.0 Å². The van der Waals surface area contributed by atoms with Gasteiger partial charge < -0.3 is 4.90 Å². The van der Waals surface area contributed by atoms with Crippen LogP contribution >= 0.6 is 0 Å². The van der Waals surface area contributed by atoms with Gasteiger partial charge in [0.1, 0.15) is 0 Å². The van der Waals surface area contributed by atoms with E-state index in [2.05, 4.69) is 4.90 Å². The summed E-state index contributed by atoms with van der Waals surface area (Å²) in [4.78, 5) is 1.73. The summed E-state index contributed by atoms with van der Waals surface area (Å²) < 4.78 is 66.2. The second-order valence-electron chi connectivity index (χ2n) is 9.00. The predicted molar refractivity (Wildman–Crippen MR) is 138 cm³/mol. The van der Waals surface area contributed by atoms with Crippen LogP contribution in [-0.4, -0.2) is 33.0 Å². The summed E-state index contributed by atoms with van der Waals surface area (Å²) >= 11 is 0. The normalized spacial score (nSPS) is 13.5. The van der Waals surface area contributed by atoms with Crippen LogP contribution in [-0.2, 0) is 20.2 Å². The SMILES string of the molecule is CC(C)c1c(N(C)C(C)c2cccc3ccc(S(=O)(=O)O)cc23)ccc2ccc(S(=O)(=O)O)cc12. The predicted octanol–water partition coefficient (Wildman–Crippen LogP) is 5.81. The molecule has 2 N–H and O–H groups in total. The maximum atomic E-state index is 11.8. The molecule has 0 saturated carbocycles. The van der Waals surface area contributed by atoms with Gasteiger partial charge in [0.15, 0.2) is 0 Å². The van der Waals surface area contributed by atoms with Crippen molar-refractivity contribution in [3.8, 4) is 0 Å². The highest BCUT2D eigenvalue weighted by atomic mass is 32.2. The Morgan fingerprint density at radius 3 is 1.77 bits per heavy atom. The smallest absolute Gasteiger partial charge is 0.294 e. The Morgan fingerprint density at radius 1 is 0.714 bits per heavy atom. The van der Waals surface area contributed by atoms with Gasteiger partial charge >= 0.3 is 0 Å². The molecule has 1 atom stereocenters. The molecule has 0 bridgehead atoms. The second-order valence-corrected chi connectivity index (χ2v) is 11.8. The van der Waals surface area contributed by atoms with E-state index in [1.807, 2.05) is 58.2 Å². The largest absolute Gasteiger partial charge is 0.368 e. The van der Waals surface area contributed by atoms with Crippen LogP contribution in [0.1, 0.15) is 43.9 Å². The first-order chi connectivity index (χ1) is 16.3. The molecule has 4 aromatic carbocycles. The van der Waals surface area contributed by atoms with Gasteiger partial charge in [-0.05, 0) is 75.8 Å². The number of hydrogen-bond donors (Lipinski definition) is 2. The lowest BCUT2D eigenvalue weighted by Gasteiger charge is -2.32. The summed E-state index contributed by atoms with van der Waals surface area (Å²) in [6.07, 6.45) is 0. The summed E-state index contributed by atoms with van der Waals surface area (Å²) in [5.41, 5.74) is 2.69. The minimum absolute atomic E-state index is 0.0404. The van der Waals surface area contributed by atoms with Gasteiger partial charge in [0, 0.05) is 12.7 Å². The van der Waals surface area contributed by atoms with E-state index < -0.39 is 20.2 Å². The van der Waals surface area contributed by atoms with E-state index in [-0.39, 0.29) is 21.8 Å². The molecule has 0 aliphatic carbocycles. The number of rotatable bonds is 6. The summed E-state index contributed by atoms with van der Waals surface area (Å²) in [5.74, 6) is 0.0404. The minimum Gasteiger partial charge on any atom is -0.368 e. The van der Waals surface area contributed by atoms with Crippen molar-refractivity contribution < 1.29 is 25.9 Å². The van der Waals surface area contributed by atoms with E-state index in [9.17, 15) is 25.9 Å². The monoisotopic (exact) mass is 513 g/mol. The Hall–Kier alpha value is -2.98. The first-order valence-corrected chi connectivity index (χ1v) is 13.9. The molecule has 0 spiro atoms. The molecule has 0 fully saturated rings. The zero-order chi connectivity index (χ0) is 25.7. The van der Waals surface area contributed by atoms with Gasteiger partial charge in [-0.1, -0.05) is 50.2 Å². The lowest BCUT2D eigenvalue weighted by atomic mass is 9.92. The van der Waals surface area contributed by atoms with Crippen molar-refractivity contribution >= 4 is 47.5 Å². The molecule has 184 valence electrons. The average Bonchev–Trinajstić information content (AvgIpc) is 2.79. The highest BCUT2D eigenvalue weighted by Crippen LogP contribution is 2.39. The van der Waals surface area contributed by atoms with Gasteiger partial charge in [-0.2, -0.15) is 16.8 Å². The Kier molecular flexibility index (Phi) is 6.39. The lowest BCUT2D eigenvalue weighted by molar-refractivity contribution is 0.481. The zero-order valence-corrected chi connectivity index (χ0v) is 21.4. The molecule has 0 aliphatic heterocycles. The molecule has 0 radical (unpaired) electrons. The molecule has 0 aromatic heterocycles. The van der Waals surface area contributed by atoms with Crippen molar-refractivity contribution in [1.82, 2.24) is 0 Å². The van der Waals surface area contributed by atoms with Crippen molar-refractivity contribution in [2.45, 2.75) is 42.5 Å². The van der Waals surface area contributed by atoms with Crippen LogP contribution in [0.15, 0.2) is 76.5 Å². The van der Waals surface area contributed by atoms with E-state index in [4.69, 9.17) is 0 Å². The molecule has 1 unspecified atom stereocenters. The third-order valence-corrected chi connectivity index (χ3v) is 8.18. The summed E-state index contributed by atoms with van der Waals surface area (Å²) in [7, 11) is -6.78. The quantitative estimate of drug-likeness (QED) is 0.313. The number of anilines is 1. The molecule has 4 rings (SSSR count). The van der Waals surface area contributed by atoms with Crippen molar-refractivity contribution in [1.29, 1.82) is 0 Å². The fourth-order valence-electron chi connectivity index (χ4n) is 4.60. The van der Waals surface area contributed by atoms with Gasteiger partial charge in [-0.15, -0.1) is 0 Å². The molecule has 0 heterocycles. The maximum Gasteiger partial charge on any atom is 0.294 e. The van der Waals surface area contributed by atoms with Crippen molar-refractivity contribution in [2.24, 2.45) is 0 Å². The van der Waals surface area contributed by atoms with E-state index >= 15 is 0 Å². The third kappa shape index (κ3) is 4.77. The molecule has 7 nitrogen and oxygen atoms in total. The summed E-state index contributed by atoms with van der Waals surface area (Å²) in [6.45, 7) is 6.04. The number of benzene rings is 4. The Morgan fingerprint density at radius 2 is 1.23 bits per heavy atom. The minimum atomic E-state index is -4.35. The topological polar surface area (TPSA) is 112 Å². The fourth-order valence-corrected chi connectivity index (χ4v) is 5.62. The van der Waals surface area contributed by atoms with Crippen LogP contribution in [0.2, 0.25) is 0 Å². The number of hydrogen-bond acceptors (Lipinski definition) is 5. The molecule has 0 saturated heterocycles. The van der Waals surface area contributed by atoms with Crippen LogP contribution in [0, 0.1) is 0 Å². The standard InChI is InChI=1S/C26H27NO6S2/c1-16(2)26-24-15-21(35(31,32)33)12-9-19(24)10-13-25(26)27(4)17(3)22-7-5-6-18-8-11-20(14-23(18)22)34(28,29)30/h5-17H,1-4H3,(H,28,29,30)(H,31,32,33). The summed E-state index contributed by atoms with van der Waals surface area (Å²) in [6, 6.07) is 18.5. The van der Waals surface area contributed by atoms with Crippen molar-refractivity contribution in [2.75, 3.05) is 11.9 Å². The molecular formula is C26H27NO6S2. The fraction of sp³-hybridized carbons (Fsp3) is 0.231.